The third-order valence-corrected chi connectivity index (χ3v) is 3.99. The van der Waals surface area contributed by atoms with Crippen molar-refractivity contribution in [1.82, 2.24) is 0 Å². The van der Waals surface area contributed by atoms with Gasteiger partial charge < -0.3 is 10.6 Å². The first-order chi connectivity index (χ1) is 13.0. The number of nitrogens with zero attached hydrogens (tertiary/aromatic N) is 1. The predicted octanol–water partition coefficient (Wildman–Crippen LogP) is 6.15. The van der Waals surface area contributed by atoms with E-state index < -0.39 is 0 Å². The Labute approximate surface area is 162 Å². The smallest absolute Gasteiger partial charge is 0.129 e. The molecular weight excluding hydrogens is 330 g/mol. The highest BCUT2D eigenvalue weighted by Crippen LogP contribution is 2.24. The molecule has 0 saturated heterocycles. The Morgan fingerprint density at radius 3 is 1.70 bits per heavy atom. The Morgan fingerprint density at radius 1 is 0.704 bits per heavy atom. The lowest BCUT2D eigenvalue weighted by Gasteiger charge is -2.26. The second kappa shape index (κ2) is 8.54. The largest absolute Gasteiger partial charge is 0.372 e. The summed E-state index contributed by atoms with van der Waals surface area (Å²) in [6, 6.07) is 30.8. The molecule has 27 heavy (non-hydrogen) atoms. The Morgan fingerprint density at radius 2 is 1.19 bits per heavy atom. The van der Waals surface area contributed by atoms with Crippen LogP contribution in [0.25, 0.3) is 0 Å². The third kappa shape index (κ3) is 5.71. The normalized spacial score (nSPS) is 13.1. The van der Waals surface area contributed by atoms with Crippen LogP contribution in [-0.2, 0) is 0 Å². The molecule has 1 unspecified atom stereocenters. The van der Waals surface area contributed by atoms with Gasteiger partial charge in [0.25, 0.3) is 0 Å². The third-order valence-electron chi connectivity index (χ3n) is 3.99. The zero-order chi connectivity index (χ0) is 19.1. The van der Waals surface area contributed by atoms with E-state index in [9.17, 15) is 0 Å². The molecule has 3 aromatic rings. The molecule has 0 amide bonds. The van der Waals surface area contributed by atoms with Gasteiger partial charge in [-0.1, -0.05) is 66.7 Å². The zero-order valence-electron chi connectivity index (χ0n) is 16.2. The van der Waals surface area contributed by atoms with Crippen molar-refractivity contribution in [3.05, 3.63) is 96.6 Å². The molecule has 3 heteroatoms. The van der Waals surface area contributed by atoms with Crippen molar-refractivity contribution in [1.29, 1.82) is 0 Å². The van der Waals surface area contributed by atoms with Crippen LogP contribution in [0.15, 0.2) is 96.0 Å². The summed E-state index contributed by atoms with van der Waals surface area (Å²) in [6.45, 7) is 6.35. The van der Waals surface area contributed by atoms with E-state index in [1.165, 1.54) is 0 Å². The minimum absolute atomic E-state index is 0.0898. The topological polar surface area (TPSA) is 36.4 Å². The number of benzene rings is 3. The van der Waals surface area contributed by atoms with E-state index in [0.717, 1.165) is 22.8 Å². The van der Waals surface area contributed by atoms with E-state index in [4.69, 9.17) is 4.99 Å². The van der Waals surface area contributed by atoms with Crippen LogP contribution in [0.3, 0.4) is 0 Å². The lowest BCUT2D eigenvalue weighted by molar-refractivity contribution is 0.580. The Kier molecular flexibility index (Phi) is 5.92. The highest BCUT2D eigenvalue weighted by Gasteiger charge is 2.21. The number of para-hydroxylation sites is 2. The maximum Gasteiger partial charge on any atom is 0.129 e. The van der Waals surface area contributed by atoms with E-state index in [-0.39, 0.29) is 11.6 Å². The standard InChI is InChI=1S/C24H27N3/c1-24(2,3)27-23(26-21-17-11-6-12-18-21)22(19-13-7-4-8-14-19)25-20-15-9-5-10-16-20/h4-18,22,25H,1-3H3,(H,26,27). The van der Waals surface area contributed by atoms with E-state index in [2.05, 4.69) is 79.9 Å². The average Bonchev–Trinajstić information content (AvgIpc) is 2.67. The van der Waals surface area contributed by atoms with Gasteiger partial charge in [-0.25, -0.2) is 0 Å². The molecule has 0 aliphatic heterocycles. The van der Waals surface area contributed by atoms with Gasteiger partial charge in [-0.15, -0.1) is 0 Å². The van der Waals surface area contributed by atoms with Crippen LogP contribution in [0.2, 0.25) is 0 Å². The van der Waals surface area contributed by atoms with Crippen LogP contribution < -0.4 is 10.6 Å². The molecule has 3 nitrogen and oxygen atoms in total. The van der Waals surface area contributed by atoms with Crippen LogP contribution in [0.4, 0.5) is 11.4 Å². The summed E-state index contributed by atoms with van der Waals surface area (Å²) in [5, 5.41) is 7.19. The maximum absolute atomic E-state index is 5.02. The second-order valence-corrected chi connectivity index (χ2v) is 7.51. The zero-order valence-corrected chi connectivity index (χ0v) is 16.2. The van der Waals surface area contributed by atoms with E-state index in [1.54, 1.807) is 0 Å². The molecule has 2 N–H and O–H groups in total. The quantitative estimate of drug-likeness (QED) is 0.424. The van der Waals surface area contributed by atoms with Gasteiger partial charge in [0.2, 0.25) is 0 Å². The molecule has 0 bridgehead atoms. The molecule has 1 atom stereocenters. The summed E-state index contributed by atoms with van der Waals surface area (Å²) in [6.07, 6.45) is 0. The van der Waals surface area contributed by atoms with Gasteiger partial charge in [0, 0.05) is 11.4 Å². The minimum atomic E-state index is -0.206. The van der Waals surface area contributed by atoms with Gasteiger partial charge in [0.05, 0.1) is 5.54 Å². The summed E-state index contributed by atoms with van der Waals surface area (Å²) in [5.74, 6) is 0.892. The fourth-order valence-corrected chi connectivity index (χ4v) is 2.85. The van der Waals surface area contributed by atoms with Crippen LogP contribution in [0.5, 0.6) is 0 Å². The van der Waals surface area contributed by atoms with E-state index in [1.807, 2.05) is 42.5 Å². The molecule has 138 valence electrons. The number of rotatable bonds is 5. The van der Waals surface area contributed by atoms with Crippen LogP contribution in [0, 0.1) is 0 Å². The number of anilines is 2. The molecule has 0 aliphatic rings. The second-order valence-electron chi connectivity index (χ2n) is 7.51. The summed E-state index contributed by atoms with van der Waals surface area (Å²) < 4.78 is 0. The number of amidine groups is 1. The number of aliphatic imine (C=N–C) groups is 1. The Hall–Kier alpha value is -3.07. The lowest BCUT2D eigenvalue weighted by Crippen LogP contribution is -2.30. The molecule has 3 rings (SSSR count). The number of nitrogens with one attached hydrogen (secondary N) is 2. The molecule has 0 spiro atoms. The van der Waals surface area contributed by atoms with E-state index in [0.29, 0.717) is 0 Å². The summed E-state index contributed by atoms with van der Waals surface area (Å²) in [7, 11) is 0. The summed E-state index contributed by atoms with van der Waals surface area (Å²) >= 11 is 0. The van der Waals surface area contributed by atoms with Crippen molar-refractivity contribution < 1.29 is 0 Å². The number of hydrogen-bond acceptors (Lipinski definition) is 2. The first kappa shape index (κ1) is 18.7. The van der Waals surface area contributed by atoms with Gasteiger partial charge >= 0.3 is 0 Å². The highest BCUT2D eigenvalue weighted by atomic mass is 15.1. The molecular formula is C24H27N3. The fourth-order valence-electron chi connectivity index (χ4n) is 2.85. The lowest BCUT2D eigenvalue weighted by atomic mass is 10.0. The molecule has 0 aliphatic carbocycles. The van der Waals surface area contributed by atoms with Crippen LogP contribution >= 0.6 is 0 Å². The highest BCUT2D eigenvalue weighted by molar-refractivity contribution is 6.01. The van der Waals surface area contributed by atoms with Gasteiger partial charge in [-0.3, -0.25) is 4.99 Å². The van der Waals surface area contributed by atoms with Crippen molar-refractivity contribution in [2.45, 2.75) is 32.4 Å². The van der Waals surface area contributed by atoms with Gasteiger partial charge in [-0.2, -0.15) is 0 Å². The monoisotopic (exact) mass is 357 g/mol. The first-order valence-corrected chi connectivity index (χ1v) is 9.30. The minimum Gasteiger partial charge on any atom is -0.372 e. The fraction of sp³-hybridized carbons (Fsp3) is 0.208. The SMILES string of the molecule is CC(C)(C)N=C(Nc1ccccc1)C(Nc1ccccc1)c1ccccc1. The van der Waals surface area contributed by atoms with Gasteiger partial charge in [-0.05, 0) is 50.6 Å². The Bertz CT molecular complexity index is 850. The van der Waals surface area contributed by atoms with Gasteiger partial charge in [0.15, 0.2) is 0 Å². The molecule has 3 aromatic carbocycles. The predicted molar refractivity (Wildman–Crippen MR) is 117 cm³/mol. The van der Waals surface area contributed by atoms with Crippen molar-refractivity contribution >= 4 is 17.2 Å². The molecule has 0 saturated carbocycles. The molecule has 0 radical (unpaired) electrons. The average molecular weight is 358 g/mol. The summed E-state index contributed by atoms with van der Waals surface area (Å²) in [4.78, 5) is 5.02. The Balaban J connectivity index is 2.02. The molecule has 0 aromatic heterocycles. The van der Waals surface area contributed by atoms with Crippen LogP contribution in [-0.4, -0.2) is 11.4 Å². The van der Waals surface area contributed by atoms with Crippen molar-refractivity contribution in [2.24, 2.45) is 4.99 Å². The number of hydrogen-bond donors (Lipinski definition) is 2. The van der Waals surface area contributed by atoms with Crippen molar-refractivity contribution in [2.75, 3.05) is 10.6 Å². The van der Waals surface area contributed by atoms with Crippen LogP contribution in [0.1, 0.15) is 32.4 Å². The molecule has 0 fully saturated rings. The first-order valence-electron chi connectivity index (χ1n) is 9.30. The van der Waals surface area contributed by atoms with Crippen molar-refractivity contribution in [3.63, 3.8) is 0 Å². The maximum atomic E-state index is 5.02. The van der Waals surface area contributed by atoms with Crippen molar-refractivity contribution in [3.8, 4) is 0 Å². The molecule has 0 heterocycles. The van der Waals surface area contributed by atoms with E-state index >= 15 is 0 Å². The van der Waals surface area contributed by atoms with Gasteiger partial charge in [0.1, 0.15) is 11.9 Å². The summed E-state index contributed by atoms with van der Waals surface area (Å²) in [5.41, 5.74) is 3.04.